The van der Waals surface area contributed by atoms with E-state index >= 15 is 0 Å². The van der Waals surface area contributed by atoms with Gasteiger partial charge in [-0.25, -0.2) is 14.2 Å². The standard InChI is InChI=1S/C36H38ClFN6O4S/c1-24-28-7-4-18-44(34(28)42-41-33(24)37)36-40-32(35(45)48-23-26-9-12-27(46-2)13-10-26)31(49-36)8-5-21-47-30-14-11-25(22-29(30)38)6-3-17-43-19-15-39-16-20-43/h9-14,22,39H,4-5,7-8,15-21,23H2,1-2H3. The first kappa shape index (κ1) is 34.6. The zero-order chi connectivity index (χ0) is 34.2. The van der Waals surface area contributed by atoms with Gasteiger partial charge in [-0.2, -0.15) is 0 Å². The average Bonchev–Trinajstić information content (AvgIpc) is 3.56. The molecule has 0 bridgehead atoms. The maximum atomic E-state index is 14.9. The van der Waals surface area contributed by atoms with Gasteiger partial charge in [-0.15, -0.1) is 21.5 Å². The highest BCUT2D eigenvalue weighted by molar-refractivity contribution is 7.16. The molecule has 2 aromatic heterocycles. The lowest BCUT2D eigenvalue weighted by Gasteiger charge is -2.28. The number of hydrogen-bond donors (Lipinski definition) is 1. The number of carbonyl (C=O) groups excluding carboxylic acids is 1. The Bertz CT molecular complexity index is 1840. The van der Waals surface area contributed by atoms with Crippen molar-refractivity contribution in [2.75, 3.05) is 57.9 Å². The Hall–Kier alpha value is -4.28. The number of piperazine rings is 1. The van der Waals surface area contributed by atoms with Crippen molar-refractivity contribution in [1.29, 1.82) is 0 Å². The molecule has 0 radical (unpaired) electrons. The van der Waals surface area contributed by atoms with Crippen LogP contribution < -0.4 is 19.7 Å². The molecule has 0 aliphatic carbocycles. The van der Waals surface area contributed by atoms with Gasteiger partial charge < -0.3 is 24.4 Å². The van der Waals surface area contributed by atoms with Crippen LogP contribution in [0.1, 0.15) is 50.5 Å². The first-order valence-electron chi connectivity index (χ1n) is 16.3. The van der Waals surface area contributed by atoms with Crippen molar-refractivity contribution < 1.29 is 23.4 Å². The van der Waals surface area contributed by atoms with E-state index in [-0.39, 0.29) is 24.7 Å². The highest BCUT2D eigenvalue weighted by Gasteiger charge is 2.28. The lowest BCUT2D eigenvalue weighted by molar-refractivity contribution is 0.0465. The van der Waals surface area contributed by atoms with E-state index in [1.807, 2.05) is 36.1 Å². The van der Waals surface area contributed by atoms with E-state index in [9.17, 15) is 9.18 Å². The van der Waals surface area contributed by atoms with Gasteiger partial charge in [0.1, 0.15) is 12.4 Å². The number of thiazole rings is 1. The smallest absolute Gasteiger partial charge is 0.358 e. The monoisotopic (exact) mass is 704 g/mol. The summed E-state index contributed by atoms with van der Waals surface area (Å²) in [5.41, 5.74) is 3.60. The third-order valence-corrected chi connectivity index (χ3v) is 9.95. The number of anilines is 2. The van der Waals surface area contributed by atoms with Crippen molar-refractivity contribution >= 4 is 39.9 Å². The Kier molecular flexibility index (Phi) is 11.6. The second-order valence-electron chi connectivity index (χ2n) is 11.8. The summed E-state index contributed by atoms with van der Waals surface area (Å²) in [5.74, 6) is 6.78. The number of benzene rings is 2. The van der Waals surface area contributed by atoms with Crippen LogP contribution in [0.3, 0.4) is 0 Å². The Labute approximate surface area is 294 Å². The number of nitrogens with one attached hydrogen (secondary N) is 1. The molecule has 0 spiro atoms. The van der Waals surface area contributed by atoms with Crippen LogP contribution >= 0.6 is 22.9 Å². The lowest BCUT2D eigenvalue weighted by atomic mass is 10.0. The summed E-state index contributed by atoms with van der Waals surface area (Å²) in [4.78, 5) is 23.2. The van der Waals surface area contributed by atoms with Crippen LogP contribution in [0.15, 0.2) is 42.5 Å². The molecule has 4 heterocycles. The molecule has 0 atom stereocenters. The molecule has 49 heavy (non-hydrogen) atoms. The van der Waals surface area contributed by atoms with Gasteiger partial charge in [0.2, 0.25) is 0 Å². The van der Waals surface area contributed by atoms with Gasteiger partial charge >= 0.3 is 5.97 Å². The largest absolute Gasteiger partial charge is 0.497 e. The van der Waals surface area contributed by atoms with Crippen molar-refractivity contribution in [3.05, 3.63) is 86.3 Å². The molecule has 1 fully saturated rings. The minimum Gasteiger partial charge on any atom is -0.497 e. The van der Waals surface area contributed by atoms with Gasteiger partial charge in [0.25, 0.3) is 0 Å². The number of halogens is 2. The molecule has 2 aromatic carbocycles. The fraction of sp³-hybridized carbons (Fsp3) is 0.389. The molecular formula is C36H38ClFN6O4S. The van der Waals surface area contributed by atoms with E-state index in [4.69, 9.17) is 30.8 Å². The summed E-state index contributed by atoms with van der Waals surface area (Å²) in [5, 5.41) is 12.9. The molecule has 2 aliphatic rings. The SMILES string of the molecule is COc1ccc(COC(=O)c2nc(N3CCCc4c3nnc(Cl)c4C)sc2CCCOc2ccc(C#CCN3CCNCC3)cc2F)cc1. The van der Waals surface area contributed by atoms with Crippen LogP contribution in [0.4, 0.5) is 15.3 Å². The molecule has 2 aliphatic heterocycles. The average molecular weight is 705 g/mol. The number of methoxy groups -OCH3 is 1. The molecule has 4 aromatic rings. The Morgan fingerprint density at radius 1 is 1.12 bits per heavy atom. The fourth-order valence-electron chi connectivity index (χ4n) is 5.70. The van der Waals surface area contributed by atoms with Crippen molar-refractivity contribution in [1.82, 2.24) is 25.4 Å². The number of nitrogens with zero attached hydrogens (tertiary/aromatic N) is 5. The zero-order valence-corrected chi connectivity index (χ0v) is 29.1. The third-order valence-electron chi connectivity index (χ3n) is 8.45. The summed E-state index contributed by atoms with van der Waals surface area (Å²) >= 11 is 7.68. The van der Waals surface area contributed by atoms with Gasteiger partial charge in [-0.3, -0.25) is 4.90 Å². The van der Waals surface area contributed by atoms with E-state index in [2.05, 4.69) is 32.3 Å². The van der Waals surface area contributed by atoms with Crippen LogP contribution in [0.25, 0.3) is 0 Å². The van der Waals surface area contributed by atoms with Gasteiger partial charge in [-0.1, -0.05) is 35.6 Å². The van der Waals surface area contributed by atoms with Crippen molar-refractivity contribution in [3.63, 3.8) is 0 Å². The van der Waals surface area contributed by atoms with E-state index in [1.165, 1.54) is 17.4 Å². The highest BCUT2D eigenvalue weighted by atomic mass is 35.5. The number of aryl methyl sites for hydroxylation is 1. The normalized spacial score (nSPS) is 14.5. The summed E-state index contributed by atoms with van der Waals surface area (Å²) < 4.78 is 31.6. The van der Waals surface area contributed by atoms with Crippen LogP contribution in [-0.4, -0.2) is 79.0 Å². The maximum Gasteiger partial charge on any atom is 0.358 e. The fourth-order valence-corrected chi connectivity index (χ4v) is 6.97. The van der Waals surface area contributed by atoms with Gasteiger partial charge in [0.15, 0.2) is 33.4 Å². The topological polar surface area (TPSA) is 102 Å². The van der Waals surface area contributed by atoms with Crippen LogP contribution in [0.2, 0.25) is 5.15 Å². The molecule has 0 saturated carbocycles. The van der Waals surface area contributed by atoms with Gasteiger partial charge in [0.05, 0.1) is 20.3 Å². The van der Waals surface area contributed by atoms with Crippen molar-refractivity contribution in [2.24, 2.45) is 0 Å². The molecule has 0 unspecified atom stereocenters. The molecule has 1 saturated heterocycles. The number of hydrogen-bond acceptors (Lipinski definition) is 11. The second-order valence-corrected chi connectivity index (χ2v) is 13.2. The number of carbonyl (C=O) groups is 1. The zero-order valence-electron chi connectivity index (χ0n) is 27.6. The molecular weight excluding hydrogens is 667 g/mol. The van der Waals surface area contributed by atoms with Crippen molar-refractivity contribution in [2.45, 2.75) is 39.2 Å². The predicted molar refractivity (Wildman–Crippen MR) is 188 cm³/mol. The summed E-state index contributed by atoms with van der Waals surface area (Å²) in [7, 11) is 1.60. The molecule has 13 heteroatoms. The number of fused-ring (bicyclic) bond motifs is 1. The number of rotatable bonds is 11. The molecule has 6 rings (SSSR count). The molecule has 1 N–H and O–H groups in total. The number of esters is 1. The Morgan fingerprint density at radius 3 is 2.71 bits per heavy atom. The van der Waals surface area contributed by atoms with Gasteiger partial charge in [0, 0.05) is 48.7 Å². The molecule has 0 amide bonds. The first-order valence-corrected chi connectivity index (χ1v) is 17.5. The van der Waals surface area contributed by atoms with E-state index < -0.39 is 11.8 Å². The van der Waals surface area contributed by atoms with Crippen LogP contribution in [0.5, 0.6) is 11.5 Å². The van der Waals surface area contributed by atoms with Crippen LogP contribution in [0, 0.1) is 24.6 Å². The van der Waals surface area contributed by atoms with Gasteiger partial charge in [-0.05, 0) is 74.1 Å². The number of aromatic nitrogens is 3. The highest BCUT2D eigenvalue weighted by Crippen LogP contribution is 2.38. The maximum absolute atomic E-state index is 14.9. The predicted octanol–water partition coefficient (Wildman–Crippen LogP) is 5.75. The molecule has 256 valence electrons. The summed E-state index contributed by atoms with van der Waals surface area (Å²) in [6.07, 6.45) is 2.72. The summed E-state index contributed by atoms with van der Waals surface area (Å²) in [6, 6.07) is 12.1. The minimum atomic E-state index is -0.524. The summed E-state index contributed by atoms with van der Waals surface area (Å²) in [6.45, 7) is 7.44. The van der Waals surface area contributed by atoms with Crippen molar-refractivity contribution in [3.8, 4) is 23.3 Å². The molecule has 10 nitrogen and oxygen atoms in total. The first-order chi connectivity index (χ1) is 23.9. The third kappa shape index (κ3) is 8.66. The quantitative estimate of drug-likeness (QED) is 0.118. The van der Waals surface area contributed by atoms with E-state index in [0.717, 1.165) is 66.3 Å². The number of ether oxygens (including phenoxy) is 3. The second kappa shape index (κ2) is 16.4. The van der Waals surface area contributed by atoms with E-state index in [1.54, 1.807) is 19.2 Å². The lowest BCUT2D eigenvalue weighted by Crippen LogP contribution is -2.43. The minimum absolute atomic E-state index is 0.0866. The Morgan fingerprint density at radius 2 is 1.94 bits per heavy atom. The van der Waals surface area contributed by atoms with E-state index in [0.29, 0.717) is 47.6 Å². The van der Waals surface area contributed by atoms with Crippen LogP contribution in [-0.2, 0) is 24.2 Å². The Balaban J connectivity index is 1.13.